The normalized spacial score (nSPS) is 7.78. The average Bonchev–Trinajstić information content (AvgIpc) is 1.27. The second-order valence-corrected chi connectivity index (χ2v) is 1.43. The Morgan fingerprint density at radius 1 is 1.22 bits per heavy atom. The predicted octanol–water partition coefficient (Wildman–Crippen LogP) is -1.34. The third-order valence-electron chi connectivity index (χ3n) is 0. The van der Waals surface area contributed by atoms with Gasteiger partial charge in [0, 0.05) is 0 Å². The van der Waals surface area contributed by atoms with Gasteiger partial charge in [0.05, 0.1) is 0 Å². The molecule has 0 radical (unpaired) electrons. The molecule has 9 heteroatoms. The third kappa shape index (κ3) is 334. The zero-order chi connectivity index (χ0) is 7.21. The summed E-state index contributed by atoms with van der Waals surface area (Å²) in [4.78, 5) is 8.11. The number of hydrogen-bond donors (Lipinski definition) is 3. The van der Waals surface area contributed by atoms with Crippen molar-refractivity contribution in [1.82, 2.24) is 0 Å². The second kappa shape index (κ2) is 7.23. The van der Waals surface area contributed by atoms with Crippen molar-refractivity contribution in [1.29, 1.82) is 0 Å². The molecular formula is H5NO7S. The van der Waals surface area contributed by atoms with Crippen LogP contribution in [0.3, 0.4) is 0 Å². The smallest absolute Gasteiger partial charge is 0.394 e. The Hall–Kier alpha value is -0.770. The van der Waals surface area contributed by atoms with E-state index in [0.717, 1.165) is 0 Å². The van der Waals surface area contributed by atoms with Crippen LogP contribution >= 0.6 is 0 Å². The summed E-state index contributed by atoms with van der Waals surface area (Å²) in [7, 11) is -4.67. The molecule has 0 saturated carbocycles. The highest BCUT2D eigenvalue weighted by Crippen LogP contribution is 1.59. The Morgan fingerprint density at radius 2 is 1.22 bits per heavy atom. The Morgan fingerprint density at radius 3 is 1.22 bits per heavy atom. The van der Waals surface area contributed by atoms with Crippen molar-refractivity contribution >= 4 is 10.4 Å². The molecule has 0 aliphatic heterocycles. The summed E-state index contributed by atoms with van der Waals surface area (Å²) in [5, 5.41) is 7.89. The summed E-state index contributed by atoms with van der Waals surface area (Å²) in [6.07, 6.45) is 0. The Labute approximate surface area is 49.9 Å². The molecule has 0 amide bonds. The van der Waals surface area contributed by atoms with Crippen LogP contribution in [-0.2, 0) is 10.4 Å². The van der Waals surface area contributed by atoms with E-state index >= 15 is 0 Å². The van der Waals surface area contributed by atoms with Crippen molar-refractivity contribution in [2.75, 3.05) is 0 Å². The highest BCUT2D eigenvalue weighted by molar-refractivity contribution is 7.79. The first-order valence-corrected chi connectivity index (χ1v) is 2.48. The summed E-state index contributed by atoms with van der Waals surface area (Å²) in [5.41, 5.74) is 0. The molecule has 0 fully saturated rings. The molecule has 0 aromatic carbocycles. The van der Waals surface area contributed by atoms with E-state index in [1.807, 2.05) is 0 Å². The van der Waals surface area contributed by atoms with E-state index in [1.165, 1.54) is 5.34 Å². The van der Waals surface area contributed by atoms with Gasteiger partial charge in [-0.05, 0) is 0 Å². The summed E-state index contributed by atoms with van der Waals surface area (Å²) in [6, 6.07) is 0. The van der Waals surface area contributed by atoms with Crippen molar-refractivity contribution in [2.45, 2.75) is 0 Å². The molecule has 0 bridgehead atoms. The summed E-state index contributed by atoms with van der Waals surface area (Å²) >= 11 is 0. The van der Waals surface area contributed by atoms with Crippen LogP contribution in [0, 0.1) is 4.91 Å². The van der Waals surface area contributed by atoms with Crippen LogP contribution in [0.1, 0.15) is 0 Å². The SMILES string of the molecule is O.O=NO.O=S(=O)(O)O. The molecule has 0 aromatic rings. The maximum atomic E-state index is 8.74. The van der Waals surface area contributed by atoms with Crippen molar-refractivity contribution < 1.29 is 28.2 Å². The first-order valence-electron chi connectivity index (χ1n) is 1.08. The summed E-state index contributed by atoms with van der Waals surface area (Å²) < 4.78 is 31.6. The summed E-state index contributed by atoms with van der Waals surface area (Å²) in [6.45, 7) is 0. The van der Waals surface area contributed by atoms with Gasteiger partial charge >= 0.3 is 10.4 Å². The van der Waals surface area contributed by atoms with Crippen molar-refractivity contribution in [2.24, 2.45) is 5.34 Å². The standard InChI is InChI=1S/HNO2.H2O4S.H2O/c2-1-3;1-5(2,3)4;/h(H,2,3);(H2,1,2,3,4);1H2. The Balaban J connectivity index is -0.0000000800. The van der Waals surface area contributed by atoms with E-state index in [9.17, 15) is 0 Å². The molecule has 0 rings (SSSR count). The van der Waals surface area contributed by atoms with Gasteiger partial charge in [-0.15, -0.1) is 4.91 Å². The van der Waals surface area contributed by atoms with Gasteiger partial charge < -0.3 is 10.7 Å². The molecule has 0 aliphatic carbocycles. The maximum Gasteiger partial charge on any atom is 0.394 e. The molecule has 0 aromatic heterocycles. The van der Waals surface area contributed by atoms with Crippen LogP contribution in [-0.4, -0.2) is 28.2 Å². The Bertz CT molecular complexity index is 123. The molecule has 0 aliphatic rings. The highest BCUT2D eigenvalue weighted by atomic mass is 32.3. The van der Waals surface area contributed by atoms with Crippen LogP contribution < -0.4 is 0 Å². The van der Waals surface area contributed by atoms with Crippen LogP contribution in [0.5, 0.6) is 0 Å². The fourth-order valence-electron chi connectivity index (χ4n) is 0. The quantitative estimate of drug-likeness (QED) is 0.228. The van der Waals surface area contributed by atoms with Crippen molar-refractivity contribution in [3.8, 4) is 0 Å². The van der Waals surface area contributed by atoms with Gasteiger partial charge in [0.15, 0.2) is 5.34 Å². The average molecular weight is 163 g/mol. The van der Waals surface area contributed by atoms with Crippen molar-refractivity contribution in [3.05, 3.63) is 4.91 Å². The fourth-order valence-corrected chi connectivity index (χ4v) is 0. The van der Waals surface area contributed by atoms with E-state index in [0.29, 0.717) is 0 Å². The van der Waals surface area contributed by atoms with Crippen LogP contribution in [0.4, 0.5) is 0 Å². The van der Waals surface area contributed by atoms with Crippen molar-refractivity contribution in [3.63, 3.8) is 0 Å². The zero-order valence-corrected chi connectivity index (χ0v) is 4.74. The highest BCUT2D eigenvalue weighted by Gasteiger charge is 1.84. The lowest BCUT2D eigenvalue weighted by molar-refractivity contribution is 0.312. The van der Waals surface area contributed by atoms with Crippen LogP contribution in [0.2, 0.25) is 0 Å². The number of hydrogen-bond acceptors (Lipinski definition) is 4. The molecule has 0 saturated heterocycles. The minimum Gasteiger partial charge on any atom is -0.412 e. The van der Waals surface area contributed by atoms with E-state index in [-0.39, 0.29) is 5.48 Å². The van der Waals surface area contributed by atoms with Gasteiger partial charge in [-0.1, -0.05) is 0 Å². The van der Waals surface area contributed by atoms with Gasteiger partial charge in [-0.2, -0.15) is 8.42 Å². The van der Waals surface area contributed by atoms with E-state index in [1.54, 1.807) is 0 Å². The first kappa shape index (κ1) is 15.7. The fraction of sp³-hybridized carbons (Fsp3) is 0. The van der Waals surface area contributed by atoms with Gasteiger partial charge in [0.2, 0.25) is 0 Å². The molecule has 9 heavy (non-hydrogen) atoms. The second-order valence-electron chi connectivity index (χ2n) is 0.529. The molecule has 5 N–H and O–H groups in total. The molecule has 8 nitrogen and oxygen atoms in total. The lowest BCUT2D eigenvalue weighted by atomic mass is 13.4. The lowest BCUT2D eigenvalue weighted by Gasteiger charge is -1.68. The topological polar surface area (TPSA) is 156 Å². The minimum absolute atomic E-state index is 0. The molecule has 0 atom stereocenters. The van der Waals surface area contributed by atoms with Gasteiger partial charge in [-0.3, -0.25) is 9.11 Å². The zero-order valence-electron chi connectivity index (χ0n) is 3.92. The lowest BCUT2D eigenvalue weighted by Crippen LogP contribution is -1.89. The molecule has 58 valence electrons. The monoisotopic (exact) mass is 163 g/mol. The van der Waals surface area contributed by atoms with Crippen LogP contribution in [0.25, 0.3) is 0 Å². The van der Waals surface area contributed by atoms with E-state index in [4.69, 9.17) is 27.6 Å². The molecule has 0 spiro atoms. The van der Waals surface area contributed by atoms with E-state index in [2.05, 4.69) is 0 Å². The maximum absolute atomic E-state index is 8.74. The molecule has 0 unspecified atom stereocenters. The molecule has 0 heterocycles. The van der Waals surface area contributed by atoms with Gasteiger partial charge in [0.1, 0.15) is 0 Å². The van der Waals surface area contributed by atoms with Crippen LogP contribution in [0.15, 0.2) is 5.34 Å². The van der Waals surface area contributed by atoms with E-state index < -0.39 is 10.4 Å². The van der Waals surface area contributed by atoms with Gasteiger partial charge in [-0.25, -0.2) is 0 Å². The molecular weight excluding hydrogens is 158 g/mol. The number of rotatable bonds is 0. The first-order chi connectivity index (χ1) is 3.41. The number of nitrogens with zero attached hydrogens (tertiary/aromatic N) is 1. The largest absolute Gasteiger partial charge is 0.412 e. The summed E-state index contributed by atoms with van der Waals surface area (Å²) in [5.74, 6) is 0. The minimum atomic E-state index is -4.67. The predicted molar refractivity (Wildman–Crippen MR) is 25.4 cm³/mol. The van der Waals surface area contributed by atoms with Gasteiger partial charge in [0.25, 0.3) is 0 Å². The third-order valence-corrected chi connectivity index (χ3v) is 0. The Kier molecular flexibility index (Phi) is 12.6.